The van der Waals surface area contributed by atoms with Gasteiger partial charge in [-0.2, -0.15) is 0 Å². The van der Waals surface area contributed by atoms with Gasteiger partial charge in [0.25, 0.3) is 0 Å². The summed E-state index contributed by atoms with van der Waals surface area (Å²) >= 11 is 0. The Labute approximate surface area is 264 Å². The molecule has 4 heteroatoms. The third kappa shape index (κ3) is 35.1. The van der Waals surface area contributed by atoms with Gasteiger partial charge < -0.3 is 10.6 Å². The zero-order chi connectivity index (χ0) is 30.6. The largest absolute Gasteiger partial charge is 0.356 e. The van der Waals surface area contributed by atoms with Crippen LogP contribution in [0, 0.1) is 0 Å². The summed E-state index contributed by atoms with van der Waals surface area (Å²) in [6, 6.07) is 0. The molecule has 0 atom stereocenters. The minimum Gasteiger partial charge on any atom is -0.356 e. The van der Waals surface area contributed by atoms with Gasteiger partial charge in [-0.3, -0.25) is 9.59 Å². The first-order valence-electron chi connectivity index (χ1n) is 19.2. The Morgan fingerprint density at radius 2 is 0.524 bits per heavy atom. The second kappa shape index (κ2) is 36.1. The zero-order valence-electron chi connectivity index (χ0n) is 28.9. The van der Waals surface area contributed by atoms with Gasteiger partial charge in [0.1, 0.15) is 0 Å². The lowest BCUT2D eigenvalue weighted by molar-refractivity contribution is -0.123. The quantitative estimate of drug-likeness (QED) is 0.0719. The highest BCUT2D eigenvalue weighted by Gasteiger charge is 2.04. The summed E-state index contributed by atoms with van der Waals surface area (Å²) in [5.41, 5.74) is 0. The molecule has 0 unspecified atom stereocenters. The van der Waals surface area contributed by atoms with Crippen LogP contribution in [0.25, 0.3) is 0 Å². The minimum atomic E-state index is 0.146. The van der Waals surface area contributed by atoms with Crippen LogP contribution in [0.2, 0.25) is 0 Å². The molecule has 0 aromatic rings. The van der Waals surface area contributed by atoms with Crippen molar-refractivity contribution in [2.75, 3.05) is 13.1 Å². The van der Waals surface area contributed by atoms with Gasteiger partial charge in [0, 0.05) is 25.9 Å². The third-order valence-electron chi connectivity index (χ3n) is 8.76. The molecule has 0 spiro atoms. The summed E-state index contributed by atoms with van der Waals surface area (Å²) in [7, 11) is 0. The van der Waals surface area contributed by atoms with Crippen molar-refractivity contribution >= 4 is 11.8 Å². The average Bonchev–Trinajstić information content (AvgIpc) is 2.99. The molecule has 0 heterocycles. The number of rotatable bonds is 35. The normalized spacial score (nSPS) is 11.2. The lowest BCUT2D eigenvalue weighted by atomic mass is 10.0. The van der Waals surface area contributed by atoms with Crippen LogP contribution in [0.4, 0.5) is 0 Å². The smallest absolute Gasteiger partial charge is 0.219 e. The van der Waals surface area contributed by atoms with Gasteiger partial charge in [0.05, 0.1) is 0 Å². The van der Waals surface area contributed by atoms with Gasteiger partial charge in [-0.15, -0.1) is 0 Å². The van der Waals surface area contributed by atoms with Crippen LogP contribution >= 0.6 is 0 Å². The summed E-state index contributed by atoms with van der Waals surface area (Å²) in [4.78, 5) is 24.1. The summed E-state index contributed by atoms with van der Waals surface area (Å²) < 4.78 is 0. The number of unbranched alkanes of at least 4 members (excludes halogenated alkanes) is 27. The summed E-state index contributed by atoms with van der Waals surface area (Å²) in [5, 5.41) is 6.12. The van der Waals surface area contributed by atoms with Gasteiger partial charge in [0.15, 0.2) is 0 Å². The first kappa shape index (κ1) is 40.9. The Bertz CT molecular complexity index is 503. The van der Waals surface area contributed by atoms with Crippen molar-refractivity contribution in [3.8, 4) is 0 Å². The number of carbonyl (C=O) groups is 2. The number of hydrogen-bond donors (Lipinski definition) is 2. The maximum absolute atomic E-state index is 12.0. The zero-order valence-corrected chi connectivity index (χ0v) is 28.9. The highest BCUT2D eigenvalue weighted by Crippen LogP contribution is 2.14. The van der Waals surface area contributed by atoms with Crippen LogP contribution in [-0.2, 0) is 9.59 Å². The van der Waals surface area contributed by atoms with E-state index in [0.717, 1.165) is 38.8 Å². The molecule has 0 aliphatic rings. The maximum Gasteiger partial charge on any atom is 0.219 e. The van der Waals surface area contributed by atoms with Crippen molar-refractivity contribution in [2.24, 2.45) is 0 Å². The molecular weight excluding hydrogens is 516 g/mol. The van der Waals surface area contributed by atoms with Crippen LogP contribution < -0.4 is 10.6 Å². The lowest BCUT2D eigenvalue weighted by Gasteiger charge is -2.07. The molecule has 0 rings (SSSR count). The van der Waals surface area contributed by atoms with E-state index in [1.807, 2.05) is 0 Å². The standard InChI is InChI=1S/C38H76N2O2/c1-3-5-7-9-11-13-15-17-19-21-23-25-27-31-35-39-37(41)33-29-30-34-38(42)40-36-32-28-26-24-22-20-18-16-14-12-10-8-6-4-2/h3-36H2,1-2H3,(H,39,41)(H,40,42). The minimum absolute atomic E-state index is 0.146. The number of nitrogens with one attached hydrogen (secondary N) is 2. The highest BCUT2D eigenvalue weighted by atomic mass is 16.2. The second-order valence-corrected chi connectivity index (χ2v) is 13.1. The fourth-order valence-electron chi connectivity index (χ4n) is 5.84. The Morgan fingerprint density at radius 3 is 0.762 bits per heavy atom. The Balaban J connectivity index is 3.26. The molecule has 0 aromatic carbocycles. The third-order valence-corrected chi connectivity index (χ3v) is 8.76. The molecule has 4 nitrogen and oxygen atoms in total. The lowest BCUT2D eigenvalue weighted by Crippen LogP contribution is -2.25. The topological polar surface area (TPSA) is 58.2 Å². The SMILES string of the molecule is CCCCCCCCCCCCCCCCNC(=O)CCCCC(=O)NCCCCCCCCCCCCCCCC. The molecule has 0 radical (unpaired) electrons. The van der Waals surface area contributed by atoms with Crippen LogP contribution in [0.5, 0.6) is 0 Å². The molecule has 42 heavy (non-hydrogen) atoms. The van der Waals surface area contributed by atoms with Crippen molar-refractivity contribution in [1.82, 2.24) is 10.6 Å². The van der Waals surface area contributed by atoms with E-state index in [1.54, 1.807) is 0 Å². The van der Waals surface area contributed by atoms with Gasteiger partial charge in [-0.05, 0) is 25.7 Å². The van der Waals surface area contributed by atoms with E-state index in [4.69, 9.17) is 0 Å². The monoisotopic (exact) mass is 593 g/mol. The van der Waals surface area contributed by atoms with Crippen molar-refractivity contribution in [3.05, 3.63) is 0 Å². The first-order chi connectivity index (χ1) is 20.7. The maximum atomic E-state index is 12.0. The Morgan fingerprint density at radius 1 is 0.310 bits per heavy atom. The first-order valence-corrected chi connectivity index (χ1v) is 19.2. The van der Waals surface area contributed by atoms with E-state index in [9.17, 15) is 9.59 Å². The van der Waals surface area contributed by atoms with Gasteiger partial charge in [0.2, 0.25) is 11.8 Å². The van der Waals surface area contributed by atoms with Crippen molar-refractivity contribution in [3.63, 3.8) is 0 Å². The fourth-order valence-corrected chi connectivity index (χ4v) is 5.84. The van der Waals surface area contributed by atoms with Crippen molar-refractivity contribution in [2.45, 2.75) is 219 Å². The van der Waals surface area contributed by atoms with Crippen LogP contribution in [0.1, 0.15) is 219 Å². The Kier molecular flexibility index (Phi) is 35.2. The molecule has 2 N–H and O–H groups in total. The van der Waals surface area contributed by atoms with Crippen LogP contribution in [-0.4, -0.2) is 24.9 Å². The molecule has 2 amide bonds. The molecule has 0 aliphatic carbocycles. The molecule has 0 saturated heterocycles. The van der Waals surface area contributed by atoms with Gasteiger partial charge in [-0.1, -0.05) is 181 Å². The van der Waals surface area contributed by atoms with Crippen LogP contribution in [0.15, 0.2) is 0 Å². The molecule has 0 bridgehead atoms. The number of amides is 2. The molecule has 250 valence electrons. The number of hydrogen-bond acceptors (Lipinski definition) is 2. The molecule has 0 saturated carbocycles. The average molecular weight is 593 g/mol. The summed E-state index contributed by atoms with van der Waals surface area (Å²) in [5.74, 6) is 0.292. The van der Waals surface area contributed by atoms with E-state index >= 15 is 0 Å². The number of carbonyl (C=O) groups excluding carboxylic acids is 2. The predicted octanol–water partition coefficient (Wildman–Crippen LogP) is 11.7. The molecule has 0 fully saturated rings. The van der Waals surface area contributed by atoms with Gasteiger partial charge in [-0.25, -0.2) is 0 Å². The Hall–Kier alpha value is -1.06. The van der Waals surface area contributed by atoms with E-state index in [0.29, 0.717) is 12.8 Å². The van der Waals surface area contributed by atoms with Crippen molar-refractivity contribution < 1.29 is 9.59 Å². The van der Waals surface area contributed by atoms with Gasteiger partial charge >= 0.3 is 0 Å². The fraction of sp³-hybridized carbons (Fsp3) is 0.947. The second-order valence-electron chi connectivity index (χ2n) is 13.1. The van der Waals surface area contributed by atoms with E-state index in [-0.39, 0.29) is 11.8 Å². The highest BCUT2D eigenvalue weighted by molar-refractivity contribution is 5.77. The van der Waals surface area contributed by atoms with E-state index < -0.39 is 0 Å². The van der Waals surface area contributed by atoms with Crippen molar-refractivity contribution in [1.29, 1.82) is 0 Å². The summed E-state index contributed by atoms with van der Waals surface area (Å²) in [6.45, 7) is 6.17. The van der Waals surface area contributed by atoms with E-state index in [2.05, 4.69) is 24.5 Å². The molecule has 0 aromatic heterocycles. The summed E-state index contributed by atoms with van der Waals surface area (Å²) in [6.07, 6.45) is 40.7. The van der Waals surface area contributed by atoms with E-state index in [1.165, 1.54) is 167 Å². The molecule has 0 aliphatic heterocycles. The molecular formula is C38H76N2O2. The van der Waals surface area contributed by atoms with Crippen LogP contribution in [0.3, 0.4) is 0 Å². The predicted molar refractivity (Wildman–Crippen MR) is 185 cm³/mol.